The molecule has 0 radical (unpaired) electrons. The van der Waals surface area contributed by atoms with Gasteiger partial charge in [0.2, 0.25) is 5.91 Å². The van der Waals surface area contributed by atoms with Gasteiger partial charge in [0, 0.05) is 12.0 Å². The van der Waals surface area contributed by atoms with Gasteiger partial charge < -0.3 is 10.1 Å². The fourth-order valence-electron chi connectivity index (χ4n) is 3.27. The van der Waals surface area contributed by atoms with Crippen molar-refractivity contribution in [3.63, 3.8) is 0 Å². The summed E-state index contributed by atoms with van der Waals surface area (Å²) in [5.74, 6) is 0.587. The molecule has 6 heteroatoms. The first-order valence-corrected chi connectivity index (χ1v) is 8.43. The second kappa shape index (κ2) is 7.02. The molecule has 0 bridgehead atoms. The smallest absolute Gasteiger partial charge is 0.416 e. The zero-order valence-corrected chi connectivity index (χ0v) is 14.6. The third-order valence-corrected chi connectivity index (χ3v) is 4.46. The number of hydrogen-bond donors (Lipinski definition) is 1. The van der Waals surface area contributed by atoms with Gasteiger partial charge in [0.15, 0.2) is 0 Å². The van der Waals surface area contributed by atoms with Crippen LogP contribution in [0.3, 0.4) is 0 Å². The SMILES string of the molecule is Cc1cc(C)c2c(c1)C(NC(=O)Cc1ccc(C(F)(F)F)cc1)CCO2. The number of nitrogens with one attached hydrogen (secondary N) is 1. The average Bonchev–Trinajstić information content (AvgIpc) is 2.55. The zero-order valence-electron chi connectivity index (χ0n) is 14.6. The minimum absolute atomic E-state index is 0.0373. The monoisotopic (exact) mass is 363 g/mol. The zero-order chi connectivity index (χ0) is 18.9. The maximum Gasteiger partial charge on any atom is 0.416 e. The number of aryl methyl sites for hydroxylation is 2. The van der Waals surface area contributed by atoms with Gasteiger partial charge in [0.25, 0.3) is 0 Å². The second-order valence-electron chi connectivity index (χ2n) is 6.63. The topological polar surface area (TPSA) is 38.3 Å². The summed E-state index contributed by atoms with van der Waals surface area (Å²) >= 11 is 0. The summed E-state index contributed by atoms with van der Waals surface area (Å²) in [5, 5.41) is 2.98. The van der Waals surface area contributed by atoms with Gasteiger partial charge in [0.05, 0.1) is 24.6 Å². The molecule has 1 aliphatic heterocycles. The Labute approximate surface area is 150 Å². The number of ether oxygens (including phenoxy) is 1. The molecule has 0 saturated carbocycles. The van der Waals surface area contributed by atoms with Crippen molar-refractivity contribution in [1.82, 2.24) is 5.32 Å². The van der Waals surface area contributed by atoms with Gasteiger partial charge in [-0.2, -0.15) is 13.2 Å². The minimum atomic E-state index is -4.37. The lowest BCUT2D eigenvalue weighted by molar-refractivity contribution is -0.137. The van der Waals surface area contributed by atoms with Gasteiger partial charge in [-0.3, -0.25) is 4.79 Å². The van der Waals surface area contributed by atoms with E-state index >= 15 is 0 Å². The Kier molecular flexibility index (Phi) is 4.94. The first kappa shape index (κ1) is 18.3. The van der Waals surface area contributed by atoms with E-state index < -0.39 is 11.7 Å². The van der Waals surface area contributed by atoms with Crippen LogP contribution in [0.25, 0.3) is 0 Å². The van der Waals surface area contributed by atoms with Crippen molar-refractivity contribution < 1.29 is 22.7 Å². The third kappa shape index (κ3) is 4.00. The highest BCUT2D eigenvalue weighted by atomic mass is 19.4. The van der Waals surface area contributed by atoms with E-state index in [-0.39, 0.29) is 18.4 Å². The van der Waals surface area contributed by atoms with E-state index in [0.29, 0.717) is 18.6 Å². The summed E-state index contributed by atoms with van der Waals surface area (Å²) in [4.78, 5) is 12.4. The highest BCUT2D eigenvalue weighted by molar-refractivity contribution is 5.79. The van der Waals surface area contributed by atoms with Gasteiger partial charge >= 0.3 is 6.18 Å². The highest BCUT2D eigenvalue weighted by Crippen LogP contribution is 2.35. The number of fused-ring (bicyclic) bond motifs is 1. The van der Waals surface area contributed by atoms with Gasteiger partial charge in [-0.05, 0) is 37.1 Å². The molecule has 0 spiro atoms. The summed E-state index contributed by atoms with van der Waals surface area (Å²) in [7, 11) is 0. The van der Waals surface area contributed by atoms with Crippen LogP contribution >= 0.6 is 0 Å². The molecule has 1 N–H and O–H groups in total. The van der Waals surface area contributed by atoms with Crippen molar-refractivity contribution >= 4 is 5.91 Å². The molecule has 138 valence electrons. The Morgan fingerprint density at radius 3 is 2.54 bits per heavy atom. The lowest BCUT2D eigenvalue weighted by Crippen LogP contribution is -2.33. The Bertz CT molecular complexity index is 813. The van der Waals surface area contributed by atoms with Crippen LogP contribution in [0.4, 0.5) is 13.2 Å². The molecule has 26 heavy (non-hydrogen) atoms. The Morgan fingerprint density at radius 2 is 1.88 bits per heavy atom. The number of halogens is 3. The number of carbonyl (C=O) groups excluding carboxylic acids is 1. The van der Waals surface area contributed by atoms with Crippen LogP contribution < -0.4 is 10.1 Å². The summed E-state index contributed by atoms with van der Waals surface area (Å²) < 4.78 is 43.5. The van der Waals surface area contributed by atoms with E-state index in [1.165, 1.54) is 12.1 Å². The van der Waals surface area contributed by atoms with E-state index in [1.807, 2.05) is 26.0 Å². The number of benzene rings is 2. The number of hydrogen-bond acceptors (Lipinski definition) is 2. The van der Waals surface area contributed by atoms with Crippen molar-refractivity contribution in [1.29, 1.82) is 0 Å². The molecule has 3 rings (SSSR count). The van der Waals surface area contributed by atoms with Crippen LogP contribution in [-0.4, -0.2) is 12.5 Å². The van der Waals surface area contributed by atoms with Crippen molar-refractivity contribution in [3.05, 3.63) is 64.2 Å². The molecule has 2 aromatic rings. The first-order chi connectivity index (χ1) is 12.2. The second-order valence-corrected chi connectivity index (χ2v) is 6.63. The summed E-state index contributed by atoms with van der Waals surface area (Å²) in [6.45, 7) is 4.48. The highest BCUT2D eigenvalue weighted by Gasteiger charge is 2.30. The Morgan fingerprint density at radius 1 is 1.19 bits per heavy atom. The fraction of sp³-hybridized carbons (Fsp3) is 0.350. The molecule has 0 fully saturated rings. The number of rotatable bonds is 3. The van der Waals surface area contributed by atoms with Crippen LogP contribution in [0.15, 0.2) is 36.4 Å². The van der Waals surface area contributed by atoms with E-state index in [4.69, 9.17) is 4.74 Å². The molecule has 1 amide bonds. The molecule has 0 aliphatic carbocycles. The summed E-state index contributed by atoms with van der Waals surface area (Å²) in [6.07, 6.45) is -3.67. The molecule has 1 aliphatic rings. The maximum atomic E-state index is 12.6. The molecule has 1 unspecified atom stereocenters. The summed E-state index contributed by atoms with van der Waals surface area (Å²) in [6, 6.07) is 8.57. The standard InChI is InChI=1S/C20H20F3NO2/c1-12-9-13(2)19-16(10-12)17(7-8-26-19)24-18(25)11-14-3-5-15(6-4-14)20(21,22)23/h3-6,9-10,17H,7-8,11H2,1-2H3,(H,24,25). The van der Waals surface area contributed by atoms with Gasteiger partial charge in [-0.25, -0.2) is 0 Å². The van der Waals surface area contributed by atoms with Crippen LogP contribution in [-0.2, 0) is 17.4 Å². The maximum absolute atomic E-state index is 12.6. The van der Waals surface area contributed by atoms with Crippen molar-refractivity contribution in [2.45, 2.75) is 38.9 Å². The van der Waals surface area contributed by atoms with Gasteiger partial charge in [-0.1, -0.05) is 29.8 Å². The molecule has 0 aromatic heterocycles. The predicted molar refractivity (Wildman–Crippen MR) is 92.1 cm³/mol. The minimum Gasteiger partial charge on any atom is -0.493 e. The van der Waals surface area contributed by atoms with Crippen molar-refractivity contribution in [3.8, 4) is 5.75 Å². The van der Waals surface area contributed by atoms with E-state index in [0.717, 1.165) is 34.6 Å². The Balaban J connectivity index is 1.70. The van der Waals surface area contributed by atoms with Gasteiger partial charge in [-0.15, -0.1) is 0 Å². The number of alkyl halides is 3. The lowest BCUT2D eigenvalue weighted by atomic mass is 9.95. The van der Waals surface area contributed by atoms with Crippen LogP contribution in [0.2, 0.25) is 0 Å². The summed E-state index contributed by atoms with van der Waals surface area (Å²) in [5.41, 5.74) is 2.90. The first-order valence-electron chi connectivity index (χ1n) is 8.43. The third-order valence-electron chi connectivity index (χ3n) is 4.46. The molecule has 1 heterocycles. The lowest BCUT2D eigenvalue weighted by Gasteiger charge is -2.28. The van der Waals surface area contributed by atoms with Crippen LogP contribution in [0.5, 0.6) is 5.75 Å². The van der Waals surface area contributed by atoms with Crippen molar-refractivity contribution in [2.24, 2.45) is 0 Å². The van der Waals surface area contributed by atoms with Crippen molar-refractivity contribution in [2.75, 3.05) is 6.61 Å². The van der Waals surface area contributed by atoms with Crippen LogP contribution in [0, 0.1) is 13.8 Å². The number of amides is 1. The molecular formula is C20H20F3NO2. The normalized spacial score (nSPS) is 16.6. The largest absolute Gasteiger partial charge is 0.493 e. The van der Waals surface area contributed by atoms with Gasteiger partial charge in [0.1, 0.15) is 5.75 Å². The molecular weight excluding hydrogens is 343 g/mol. The van der Waals surface area contributed by atoms with E-state index in [1.54, 1.807) is 0 Å². The number of carbonyl (C=O) groups is 1. The molecule has 0 saturated heterocycles. The van der Waals surface area contributed by atoms with Crippen LogP contribution in [0.1, 0.15) is 40.3 Å². The van der Waals surface area contributed by atoms with E-state index in [9.17, 15) is 18.0 Å². The average molecular weight is 363 g/mol. The fourth-order valence-corrected chi connectivity index (χ4v) is 3.27. The predicted octanol–water partition coefficient (Wildman–Crippen LogP) is 4.50. The van der Waals surface area contributed by atoms with E-state index in [2.05, 4.69) is 5.32 Å². The Hall–Kier alpha value is -2.50. The molecule has 3 nitrogen and oxygen atoms in total. The quantitative estimate of drug-likeness (QED) is 0.872. The molecule has 1 atom stereocenters. The molecule has 2 aromatic carbocycles.